The van der Waals surface area contributed by atoms with Gasteiger partial charge in [0.05, 0.1) is 5.92 Å². The first-order valence-electron chi connectivity index (χ1n) is 6.62. The molecule has 2 aromatic rings. The molecular weight excluding hydrogens is 258 g/mol. The third-order valence-corrected chi connectivity index (χ3v) is 3.43. The number of nitrogens with zero attached hydrogens (tertiary/aromatic N) is 2. The number of para-hydroxylation sites is 2. The first-order valence-corrected chi connectivity index (χ1v) is 6.62. The molecule has 0 fully saturated rings. The molecule has 0 radical (unpaired) electrons. The Morgan fingerprint density at radius 3 is 2.75 bits per heavy atom. The van der Waals surface area contributed by atoms with Crippen LogP contribution >= 0.6 is 0 Å². The fourth-order valence-corrected chi connectivity index (χ4v) is 1.93. The van der Waals surface area contributed by atoms with Crippen molar-refractivity contribution in [3.63, 3.8) is 0 Å². The topological polar surface area (TPSA) is 83.4 Å². The minimum absolute atomic E-state index is 0.00745. The molecule has 106 valence electrons. The smallest absolute Gasteiger partial charge is 0.231 e. The van der Waals surface area contributed by atoms with Crippen molar-refractivity contribution in [3.8, 4) is 11.5 Å². The highest BCUT2D eigenvalue weighted by molar-refractivity contribution is 5.40. The maximum absolute atomic E-state index is 5.84. The highest BCUT2D eigenvalue weighted by atomic mass is 16.6. The third-order valence-electron chi connectivity index (χ3n) is 3.43. The van der Waals surface area contributed by atoms with Crippen LogP contribution in [-0.4, -0.2) is 22.8 Å². The summed E-state index contributed by atoms with van der Waals surface area (Å²) in [4.78, 5) is 4.37. The predicted octanol–water partition coefficient (Wildman–Crippen LogP) is 2.03. The van der Waals surface area contributed by atoms with Gasteiger partial charge in [-0.25, -0.2) is 0 Å². The van der Waals surface area contributed by atoms with Crippen LogP contribution in [0.3, 0.4) is 0 Å². The Labute approximate surface area is 116 Å². The van der Waals surface area contributed by atoms with E-state index in [4.69, 9.17) is 19.7 Å². The van der Waals surface area contributed by atoms with Crippen LogP contribution < -0.4 is 15.2 Å². The minimum Gasteiger partial charge on any atom is -0.485 e. The Balaban J connectivity index is 1.78. The molecule has 3 rings (SSSR count). The van der Waals surface area contributed by atoms with Gasteiger partial charge in [-0.3, -0.25) is 0 Å². The molecule has 1 aromatic heterocycles. The minimum atomic E-state index is -0.359. The summed E-state index contributed by atoms with van der Waals surface area (Å²) < 4.78 is 16.7. The van der Waals surface area contributed by atoms with Crippen LogP contribution in [0.5, 0.6) is 11.5 Å². The molecule has 1 aliphatic rings. The van der Waals surface area contributed by atoms with Crippen molar-refractivity contribution in [3.05, 3.63) is 36.0 Å². The number of fused-ring (bicyclic) bond motifs is 1. The maximum Gasteiger partial charge on any atom is 0.231 e. The molecule has 3 atom stereocenters. The molecular formula is C14H17N3O3. The summed E-state index contributed by atoms with van der Waals surface area (Å²) >= 11 is 0. The van der Waals surface area contributed by atoms with Crippen molar-refractivity contribution in [2.45, 2.75) is 31.9 Å². The van der Waals surface area contributed by atoms with Gasteiger partial charge in [0.1, 0.15) is 6.61 Å². The summed E-state index contributed by atoms with van der Waals surface area (Å²) in [6, 6.07) is 7.47. The summed E-state index contributed by atoms with van der Waals surface area (Å²) in [5.74, 6) is 2.44. The van der Waals surface area contributed by atoms with Gasteiger partial charge in [0.15, 0.2) is 17.6 Å². The average Bonchev–Trinajstić information content (AvgIpc) is 2.95. The SMILES string of the molecule is CC(N)C(C)c1nc(C2COc3ccccc3O2)no1. The zero-order valence-corrected chi connectivity index (χ0v) is 11.4. The highest BCUT2D eigenvalue weighted by Gasteiger charge is 2.28. The number of benzene rings is 1. The van der Waals surface area contributed by atoms with E-state index in [9.17, 15) is 0 Å². The normalized spacial score (nSPS) is 20.4. The fraction of sp³-hybridized carbons (Fsp3) is 0.429. The van der Waals surface area contributed by atoms with Gasteiger partial charge in [0.2, 0.25) is 11.7 Å². The summed E-state index contributed by atoms with van der Waals surface area (Å²) in [6.45, 7) is 4.23. The van der Waals surface area contributed by atoms with Crippen molar-refractivity contribution < 1.29 is 14.0 Å². The van der Waals surface area contributed by atoms with Crippen LogP contribution in [0, 0.1) is 0 Å². The van der Waals surface area contributed by atoms with Crippen LogP contribution in [0.1, 0.15) is 37.6 Å². The Bertz CT molecular complexity index is 597. The molecule has 0 saturated heterocycles. The second kappa shape index (κ2) is 5.13. The van der Waals surface area contributed by atoms with Gasteiger partial charge in [-0.05, 0) is 19.1 Å². The van der Waals surface area contributed by atoms with Crippen LogP contribution in [0.25, 0.3) is 0 Å². The zero-order valence-electron chi connectivity index (χ0n) is 11.4. The molecule has 0 saturated carbocycles. The van der Waals surface area contributed by atoms with E-state index in [0.29, 0.717) is 24.1 Å². The quantitative estimate of drug-likeness (QED) is 0.922. The first-order chi connectivity index (χ1) is 9.65. The molecule has 20 heavy (non-hydrogen) atoms. The number of aromatic nitrogens is 2. The van der Waals surface area contributed by atoms with Crippen molar-refractivity contribution in [1.29, 1.82) is 0 Å². The lowest BCUT2D eigenvalue weighted by Crippen LogP contribution is -2.24. The molecule has 6 heteroatoms. The number of rotatable bonds is 3. The summed E-state index contributed by atoms with van der Waals surface area (Å²) in [6.07, 6.45) is -0.359. The van der Waals surface area contributed by atoms with E-state index in [1.54, 1.807) is 0 Å². The Morgan fingerprint density at radius 2 is 2.00 bits per heavy atom. The van der Waals surface area contributed by atoms with Gasteiger partial charge in [-0.1, -0.05) is 24.2 Å². The van der Waals surface area contributed by atoms with Crippen LogP contribution in [0.15, 0.2) is 28.8 Å². The molecule has 6 nitrogen and oxygen atoms in total. The van der Waals surface area contributed by atoms with Gasteiger partial charge in [0.25, 0.3) is 0 Å². The fourth-order valence-electron chi connectivity index (χ4n) is 1.93. The van der Waals surface area contributed by atoms with Gasteiger partial charge in [0, 0.05) is 6.04 Å². The molecule has 2 heterocycles. The molecule has 1 aliphatic heterocycles. The number of hydrogen-bond acceptors (Lipinski definition) is 6. The second-order valence-corrected chi connectivity index (χ2v) is 5.00. The molecule has 1 aromatic carbocycles. The van der Waals surface area contributed by atoms with Crippen LogP contribution in [0.4, 0.5) is 0 Å². The Kier molecular flexibility index (Phi) is 3.31. The second-order valence-electron chi connectivity index (χ2n) is 5.00. The van der Waals surface area contributed by atoms with E-state index in [0.717, 1.165) is 5.75 Å². The summed E-state index contributed by atoms with van der Waals surface area (Å²) in [5.41, 5.74) is 5.84. The third kappa shape index (κ3) is 2.34. The van der Waals surface area contributed by atoms with Gasteiger partial charge in [-0.2, -0.15) is 4.98 Å². The number of ether oxygens (including phenoxy) is 2. The maximum atomic E-state index is 5.84. The van der Waals surface area contributed by atoms with E-state index in [1.165, 1.54) is 0 Å². The standard InChI is InChI=1S/C14H17N3O3/c1-8(9(2)15)14-16-13(17-20-14)12-7-18-10-5-3-4-6-11(10)19-12/h3-6,8-9,12H,7,15H2,1-2H3. The summed E-state index contributed by atoms with van der Waals surface area (Å²) in [5, 5.41) is 3.97. The van der Waals surface area contributed by atoms with Gasteiger partial charge >= 0.3 is 0 Å². The first kappa shape index (κ1) is 12.9. The number of nitrogens with two attached hydrogens (primary N) is 1. The number of hydrogen-bond donors (Lipinski definition) is 1. The lowest BCUT2D eigenvalue weighted by Gasteiger charge is -2.24. The Hall–Kier alpha value is -2.08. The molecule has 2 N–H and O–H groups in total. The van der Waals surface area contributed by atoms with E-state index >= 15 is 0 Å². The monoisotopic (exact) mass is 275 g/mol. The highest BCUT2D eigenvalue weighted by Crippen LogP contribution is 2.35. The molecule has 3 unspecified atom stereocenters. The van der Waals surface area contributed by atoms with E-state index < -0.39 is 0 Å². The van der Waals surface area contributed by atoms with Crippen molar-refractivity contribution in [2.75, 3.05) is 6.61 Å². The molecule has 0 spiro atoms. The van der Waals surface area contributed by atoms with Crippen LogP contribution in [0.2, 0.25) is 0 Å². The zero-order chi connectivity index (χ0) is 14.1. The average molecular weight is 275 g/mol. The van der Waals surface area contributed by atoms with Crippen molar-refractivity contribution in [1.82, 2.24) is 10.1 Å². The summed E-state index contributed by atoms with van der Waals surface area (Å²) in [7, 11) is 0. The predicted molar refractivity (Wildman–Crippen MR) is 71.7 cm³/mol. The van der Waals surface area contributed by atoms with E-state index in [1.807, 2.05) is 38.1 Å². The lowest BCUT2D eigenvalue weighted by atomic mass is 10.1. The van der Waals surface area contributed by atoms with Crippen molar-refractivity contribution in [2.24, 2.45) is 5.73 Å². The van der Waals surface area contributed by atoms with Gasteiger partial charge < -0.3 is 19.7 Å². The van der Waals surface area contributed by atoms with Crippen LogP contribution in [-0.2, 0) is 0 Å². The lowest BCUT2D eigenvalue weighted by molar-refractivity contribution is 0.0832. The van der Waals surface area contributed by atoms with Crippen molar-refractivity contribution >= 4 is 0 Å². The largest absolute Gasteiger partial charge is 0.485 e. The Morgan fingerprint density at radius 1 is 1.25 bits per heavy atom. The molecule has 0 aliphatic carbocycles. The van der Waals surface area contributed by atoms with Gasteiger partial charge in [-0.15, -0.1) is 0 Å². The van der Waals surface area contributed by atoms with E-state index in [-0.39, 0.29) is 18.1 Å². The van der Waals surface area contributed by atoms with E-state index in [2.05, 4.69) is 10.1 Å². The molecule has 0 bridgehead atoms. The molecule has 0 amide bonds.